The van der Waals surface area contributed by atoms with Gasteiger partial charge in [-0.15, -0.1) is 0 Å². The first-order chi connectivity index (χ1) is 7.11. The molecule has 2 atom stereocenters. The molecule has 0 aromatic carbocycles. The summed E-state index contributed by atoms with van der Waals surface area (Å²) in [6.07, 6.45) is 3.34. The van der Waals surface area contributed by atoms with Crippen molar-refractivity contribution in [3.8, 4) is 0 Å². The van der Waals surface area contributed by atoms with E-state index in [1.54, 1.807) is 7.11 Å². The van der Waals surface area contributed by atoms with Crippen LogP contribution in [-0.2, 0) is 14.6 Å². The Balaban J connectivity index is 2.52. The molecule has 1 aliphatic rings. The normalized spacial score (nSPS) is 27.1. The van der Waals surface area contributed by atoms with Gasteiger partial charge in [0.2, 0.25) is 0 Å². The first-order valence-electron chi connectivity index (χ1n) is 5.52. The van der Waals surface area contributed by atoms with Crippen LogP contribution in [0.5, 0.6) is 0 Å². The Morgan fingerprint density at radius 2 is 2.13 bits per heavy atom. The monoisotopic (exact) mass is 235 g/mol. The Morgan fingerprint density at radius 3 is 2.73 bits per heavy atom. The van der Waals surface area contributed by atoms with E-state index in [1.807, 2.05) is 0 Å². The maximum absolute atomic E-state index is 12.0. The molecule has 0 aromatic rings. The van der Waals surface area contributed by atoms with Crippen molar-refractivity contribution < 1.29 is 13.2 Å². The average molecular weight is 235 g/mol. The molecule has 0 heterocycles. The molecule has 1 aliphatic carbocycles. The smallest absolute Gasteiger partial charge is 0.153 e. The maximum Gasteiger partial charge on any atom is 0.153 e. The zero-order valence-corrected chi connectivity index (χ0v) is 10.1. The molecule has 90 valence electrons. The fraction of sp³-hybridized carbons (Fsp3) is 1.00. The number of rotatable bonds is 6. The van der Waals surface area contributed by atoms with Gasteiger partial charge in [-0.2, -0.15) is 0 Å². The van der Waals surface area contributed by atoms with E-state index in [0.29, 0.717) is 19.6 Å². The van der Waals surface area contributed by atoms with E-state index in [0.717, 1.165) is 19.3 Å². The molecule has 1 rings (SSSR count). The number of sulfone groups is 1. The fourth-order valence-electron chi connectivity index (χ4n) is 2.30. The average Bonchev–Trinajstić information content (AvgIpc) is 2.66. The summed E-state index contributed by atoms with van der Waals surface area (Å²) in [5.41, 5.74) is 5.59. The molecule has 5 heteroatoms. The zero-order valence-electron chi connectivity index (χ0n) is 9.31. The van der Waals surface area contributed by atoms with E-state index in [9.17, 15) is 8.42 Å². The van der Waals surface area contributed by atoms with Crippen LogP contribution in [0.1, 0.15) is 25.7 Å². The highest BCUT2D eigenvalue weighted by molar-refractivity contribution is 7.92. The van der Waals surface area contributed by atoms with Crippen molar-refractivity contribution in [2.75, 3.05) is 26.0 Å². The topological polar surface area (TPSA) is 69.4 Å². The third kappa shape index (κ3) is 3.43. The van der Waals surface area contributed by atoms with Crippen LogP contribution >= 0.6 is 0 Å². The van der Waals surface area contributed by atoms with Crippen LogP contribution in [0.25, 0.3) is 0 Å². The van der Waals surface area contributed by atoms with Gasteiger partial charge in [0, 0.05) is 13.7 Å². The fourth-order valence-corrected chi connectivity index (χ4v) is 4.48. The summed E-state index contributed by atoms with van der Waals surface area (Å²) in [6.45, 7) is 1.01. The van der Waals surface area contributed by atoms with Crippen molar-refractivity contribution in [1.29, 1.82) is 0 Å². The van der Waals surface area contributed by atoms with Gasteiger partial charge in [-0.25, -0.2) is 8.42 Å². The van der Waals surface area contributed by atoms with Crippen molar-refractivity contribution in [1.82, 2.24) is 0 Å². The van der Waals surface area contributed by atoms with E-state index >= 15 is 0 Å². The van der Waals surface area contributed by atoms with Crippen LogP contribution < -0.4 is 5.73 Å². The third-order valence-electron chi connectivity index (χ3n) is 3.13. The highest BCUT2D eigenvalue weighted by Crippen LogP contribution is 2.31. The lowest BCUT2D eigenvalue weighted by atomic mass is 10.1. The van der Waals surface area contributed by atoms with E-state index in [2.05, 4.69) is 0 Å². The number of hydrogen-bond donors (Lipinski definition) is 1. The summed E-state index contributed by atoms with van der Waals surface area (Å²) >= 11 is 0. The minimum atomic E-state index is -2.95. The lowest BCUT2D eigenvalue weighted by Crippen LogP contribution is -2.32. The van der Waals surface area contributed by atoms with Gasteiger partial charge in [0.25, 0.3) is 0 Å². The number of methoxy groups -OCH3 is 1. The van der Waals surface area contributed by atoms with Gasteiger partial charge in [-0.3, -0.25) is 0 Å². The second-order valence-corrected chi connectivity index (χ2v) is 6.52. The zero-order chi connectivity index (χ0) is 11.3. The van der Waals surface area contributed by atoms with Gasteiger partial charge in [0.05, 0.1) is 11.0 Å². The first-order valence-corrected chi connectivity index (χ1v) is 7.24. The Kier molecular flexibility index (Phi) is 5.02. The maximum atomic E-state index is 12.0. The van der Waals surface area contributed by atoms with Crippen LogP contribution in [0.3, 0.4) is 0 Å². The molecule has 2 N–H and O–H groups in total. The van der Waals surface area contributed by atoms with Gasteiger partial charge < -0.3 is 10.5 Å². The molecule has 2 unspecified atom stereocenters. The van der Waals surface area contributed by atoms with Crippen molar-refractivity contribution in [2.45, 2.75) is 30.9 Å². The van der Waals surface area contributed by atoms with Crippen molar-refractivity contribution in [2.24, 2.45) is 11.7 Å². The van der Waals surface area contributed by atoms with Crippen LogP contribution in [0.15, 0.2) is 0 Å². The molecule has 15 heavy (non-hydrogen) atoms. The predicted octanol–water partition coefficient (Wildman–Crippen LogP) is 0.565. The standard InChI is InChI=1S/C10H21NO3S/c1-14-6-3-7-15(12,13)10-5-2-4-9(10)8-11/h9-10H,2-8,11H2,1H3. The van der Waals surface area contributed by atoms with Gasteiger partial charge in [0.15, 0.2) is 9.84 Å². The van der Waals surface area contributed by atoms with E-state index in [-0.39, 0.29) is 16.9 Å². The Bertz CT molecular complexity index is 276. The molecule has 0 radical (unpaired) electrons. The molecule has 0 spiro atoms. The molecular weight excluding hydrogens is 214 g/mol. The van der Waals surface area contributed by atoms with Crippen molar-refractivity contribution in [3.05, 3.63) is 0 Å². The molecule has 1 fully saturated rings. The van der Waals surface area contributed by atoms with Gasteiger partial charge in [-0.05, 0) is 31.7 Å². The minimum Gasteiger partial charge on any atom is -0.385 e. The highest BCUT2D eigenvalue weighted by atomic mass is 32.2. The molecule has 0 bridgehead atoms. The highest BCUT2D eigenvalue weighted by Gasteiger charge is 2.35. The molecule has 1 saturated carbocycles. The minimum absolute atomic E-state index is 0.178. The number of nitrogens with two attached hydrogens (primary N) is 1. The molecule has 4 nitrogen and oxygen atoms in total. The Hall–Kier alpha value is -0.130. The Labute approximate surface area is 92.1 Å². The van der Waals surface area contributed by atoms with E-state index < -0.39 is 9.84 Å². The summed E-state index contributed by atoms with van der Waals surface area (Å²) in [7, 11) is -1.37. The summed E-state index contributed by atoms with van der Waals surface area (Å²) < 4.78 is 28.8. The second kappa shape index (κ2) is 5.82. The summed E-state index contributed by atoms with van der Waals surface area (Å²) in [6, 6.07) is 0. The van der Waals surface area contributed by atoms with Gasteiger partial charge in [-0.1, -0.05) is 6.42 Å². The lowest BCUT2D eigenvalue weighted by molar-refractivity contribution is 0.199. The summed E-state index contributed by atoms with van der Waals surface area (Å²) in [5.74, 6) is 0.416. The molecule has 0 aliphatic heterocycles. The van der Waals surface area contributed by atoms with Gasteiger partial charge in [0.1, 0.15) is 0 Å². The van der Waals surface area contributed by atoms with E-state index in [4.69, 9.17) is 10.5 Å². The molecule has 0 amide bonds. The van der Waals surface area contributed by atoms with Crippen molar-refractivity contribution >= 4 is 9.84 Å². The third-order valence-corrected chi connectivity index (χ3v) is 5.53. The molecule has 0 aromatic heterocycles. The van der Waals surface area contributed by atoms with Crippen LogP contribution in [0.2, 0.25) is 0 Å². The summed E-state index contributed by atoms with van der Waals surface area (Å²) in [5, 5.41) is -0.195. The van der Waals surface area contributed by atoms with Crippen LogP contribution in [0.4, 0.5) is 0 Å². The van der Waals surface area contributed by atoms with Crippen LogP contribution in [-0.4, -0.2) is 39.7 Å². The number of ether oxygens (including phenoxy) is 1. The van der Waals surface area contributed by atoms with Crippen molar-refractivity contribution in [3.63, 3.8) is 0 Å². The SMILES string of the molecule is COCCCS(=O)(=O)C1CCCC1CN. The van der Waals surface area contributed by atoms with Crippen LogP contribution in [0, 0.1) is 5.92 Å². The predicted molar refractivity (Wildman–Crippen MR) is 60.5 cm³/mol. The summed E-state index contributed by atoms with van der Waals surface area (Å²) in [4.78, 5) is 0. The van der Waals surface area contributed by atoms with Gasteiger partial charge >= 0.3 is 0 Å². The lowest BCUT2D eigenvalue weighted by Gasteiger charge is -2.18. The first kappa shape index (κ1) is 12.9. The molecular formula is C10H21NO3S. The molecule has 0 saturated heterocycles. The Morgan fingerprint density at radius 1 is 1.40 bits per heavy atom. The largest absolute Gasteiger partial charge is 0.385 e. The number of hydrogen-bond acceptors (Lipinski definition) is 4. The second-order valence-electron chi connectivity index (χ2n) is 4.18. The quantitative estimate of drug-likeness (QED) is 0.683. The van der Waals surface area contributed by atoms with E-state index in [1.165, 1.54) is 0 Å².